The van der Waals surface area contributed by atoms with Gasteiger partial charge in [-0.1, -0.05) is 19.1 Å². The summed E-state index contributed by atoms with van der Waals surface area (Å²) in [5.74, 6) is -6.82. The van der Waals surface area contributed by atoms with Crippen molar-refractivity contribution in [2.45, 2.75) is 18.0 Å². The minimum Gasteiger partial charge on any atom is -0.481 e. The second-order valence-corrected chi connectivity index (χ2v) is 7.95. The molecule has 1 aromatic carbocycles. The van der Waals surface area contributed by atoms with Gasteiger partial charge in [0.1, 0.15) is 0 Å². The van der Waals surface area contributed by atoms with E-state index in [-0.39, 0.29) is 16.2 Å². The summed E-state index contributed by atoms with van der Waals surface area (Å²) in [6.07, 6.45) is -4.77. The third kappa shape index (κ3) is 3.78. The molecule has 1 heterocycles. The molecule has 1 saturated heterocycles. The Morgan fingerprint density at radius 2 is 1.84 bits per heavy atom. The molecule has 0 saturated carbocycles. The number of sulfone groups is 1. The number of likely N-dealkylation sites (tertiary alicyclic amines) is 1. The zero-order chi connectivity index (χ0) is 19.0. The highest BCUT2D eigenvalue weighted by Gasteiger charge is 2.53. The first-order valence-corrected chi connectivity index (χ1v) is 9.04. The van der Waals surface area contributed by atoms with Crippen molar-refractivity contribution in [1.82, 2.24) is 4.90 Å². The van der Waals surface area contributed by atoms with Gasteiger partial charge in [0.2, 0.25) is 0 Å². The van der Waals surface area contributed by atoms with Gasteiger partial charge in [0.25, 0.3) is 5.91 Å². The van der Waals surface area contributed by atoms with Gasteiger partial charge in [-0.3, -0.25) is 9.59 Å². The quantitative estimate of drug-likeness (QED) is 0.862. The van der Waals surface area contributed by atoms with E-state index in [9.17, 15) is 31.2 Å². The molecule has 0 spiro atoms. The van der Waals surface area contributed by atoms with Gasteiger partial charge in [-0.25, -0.2) is 8.42 Å². The van der Waals surface area contributed by atoms with Crippen molar-refractivity contribution in [3.8, 4) is 0 Å². The molecule has 1 N–H and O–H groups in total. The van der Waals surface area contributed by atoms with Crippen molar-refractivity contribution in [1.29, 1.82) is 0 Å². The van der Waals surface area contributed by atoms with Gasteiger partial charge in [-0.2, -0.15) is 13.2 Å². The van der Waals surface area contributed by atoms with Crippen molar-refractivity contribution in [3.05, 3.63) is 29.8 Å². The first kappa shape index (κ1) is 19.2. The van der Waals surface area contributed by atoms with Crippen LogP contribution in [0.25, 0.3) is 0 Å². The molecule has 1 aliphatic heterocycles. The van der Waals surface area contributed by atoms with E-state index in [1.807, 2.05) is 0 Å². The number of carboxylic acids is 1. The number of carbonyl (C=O) groups is 2. The summed E-state index contributed by atoms with van der Waals surface area (Å²) in [4.78, 5) is 24.2. The second-order valence-electron chi connectivity index (χ2n) is 5.70. The van der Waals surface area contributed by atoms with Crippen LogP contribution in [0.4, 0.5) is 13.2 Å². The molecule has 138 valence electrons. The van der Waals surface area contributed by atoms with Crippen LogP contribution in [-0.4, -0.2) is 55.3 Å². The molecule has 2 atom stereocenters. The summed E-state index contributed by atoms with van der Waals surface area (Å²) in [7, 11) is -3.76. The van der Waals surface area contributed by atoms with Crippen LogP contribution in [-0.2, 0) is 14.6 Å². The summed E-state index contributed by atoms with van der Waals surface area (Å²) in [6, 6.07) is 5.22. The van der Waals surface area contributed by atoms with E-state index >= 15 is 0 Å². The topological polar surface area (TPSA) is 91.8 Å². The predicted octanol–water partition coefficient (Wildman–Crippen LogP) is 1.82. The van der Waals surface area contributed by atoms with Crippen LogP contribution >= 0.6 is 0 Å². The molecule has 2 rings (SSSR count). The summed E-state index contributed by atoms with van der Waals surface area (Å²) < 4.78 is 63.3. The van der Waals surface area contributed by atoms with E-state index in [1.165, 1.54) is 31.2 Å². The molecule has 0 aromatic heterocycles. The lowest BCUT2D eigenvalue weighted by molar-refractivity contribution is -0.187. The van der Waals surface area contributed by atoms with Crippen LogP contribution in [0, 0.1) is 11.8 Å². The Hall–Kier alpha value is -2.10. The maximum absolute atomic E-state index is 13.0. The van der Waals surface area contributed by atoms with Crippen LogP contribution in [0.3, 0.4) is 0 Å². The summed E-state index contributed by atoms with van der Waals surface area (Å²) in [5, 5.41) is 9.01. The second kappa shape index (κ2) is 6.66. The molecule has 10 heteroatoms. The average molecular weight is 379 g/mol. The molecule has 6 nitrogen and oxygen atoms in total. The molecule has 1 aliphatic rings. The Morgan fingerprint density at radius 1 is 1.24 bits per heavy atom. The van der Waals surface area contributed by atoms with Gasteiger partial charge in [0.05, 0.1) is 28.0 Å². The minimum absolute atomic E-state index is 0.253. The van der Waals surface area contributed by atoms with E-state index in [1.54, 1.807) is 0 Å². The van der Waals surface area contributed by atoms with Crippen molar-refractivity contribution in [2.75, 3.05) is 18.8 Å². The summed E-state index contributed by atoms with van der Waals surface area (Å²) in [5.41, 5.74) is -0.253. The van der Waals surface area contributed by atoms with Crippen LogP contribution in [0.2, 0.25) is 0 Å². The number of halogens is 3. The van der Waals surface area contributed by atoms with E-state index in [0.717, 1.165) is 4.90 Å². The van der Waals surface area contributed by atoms with E-state index < -0.39 is 52.8 Å². The van der Waals surface area contributed by atoms with E-state index in [2.05, 4.69) is 0 Å². The molecule has 1 amide bonds. The predicted molar refractivity (Wildman–Crippen MR) is 80.7 cm³/mol. The Balaban J connectivity index is 2.39. The number of hydrogen-bond donors (Lipinski definition) is 1. The van der Waals surface area contributed by atoms with E-state index in [4.69, 9.17) is 5.11 Å². The fourth-order valence-electron chi connectivity index (χ4n) is 2.79. The number of amides is 1. The first-order valence-electron chi connectivity index (χ1n) is 7.39. The highest BCUT2D eigenvalue weighted by Crippen LogP contribution is 2.38. The Bertz CT molecular complexity index is 791. The average Bonchev–Trinajstić information content (AvgIpc) is 3.00. The number of carbonyl (C=O) groups excluding carboxylic acids is 1. The lowest BCUT2D eigenvalue weighted by Gasteiger charge is -2.19. The van der Waals surface area contributed by atoms with Crippen molar-refractivity contribution in [3.63, 3.8) is 0 Å². The number of carboxylic acid groups (broad SMARTS) is 1. The van der Waals surface area contributed by atoms with Crippen LogP contribution in [0.1, 0.15) is 17.3 Å². The molecule has 25 heavy (non-hydrogen) atoms. The fourth-order valence-corrected chi connectivity index (χ4v) is 3.88. The van der Waals surface area contributed by atoms with Gasteiger partial charge in [-0.05, 0) is 12.1 Å². The Morgan fingerprint density at radius 3 is 2.32 bits per heavy atom. The molecule has 0 aliphatic carbocycles. The zero-order valence-electron chi connectivity index (χ0n) is 13.2. The molecule has 0 bridgehead atoms. The van der Waals surface area contributed by atoms with Crippen LogP contribution in [0.15, 0.2) is 29.2 Å². The first-order chi connectivity index (χ1) is 11.5. The highest BCUT2D eigenvalue weighted by atomic mass is 32.2. The Kier molecular flexibility index (Phi) is 5.12. The van der Waals surface area contributed by atoms with Gasteiger partial charge in [0.15, 0.2) is 9.84 Å². The SMILES string of the molecule is CCS(=O)(=O)c1ccccc1C(=O)N1C[C@@H](C(F)(F)F)[C@H](C(=O)O)C1. The number of benzene rings is 1. The number of alkyl halides is 3. The smallest absolute Gasteiger partial charge is 0.394 e. The number of aliphatic carboxylic acids is 1. The maximum Gasteiger partial charge on any atom is 0.394 e. The lowest BCUT2D eigenvalue weighted by Crippen LogP contribution is -2.34. The van der Waals surface area contributed by atoms with Gasteiger partial charge in [0, 0.05) is 13.1 Å². The molecule has 1 fully saturated rings. The van der Waals surface area contributed by atoms with Gasteiger partial charge in [-0.15, -0.1) is 0 Å². The lowest BCUT2D eigenvalue weighted by atomic mass is 9.96. The van der Waals surface area contributed by atoms with Crippen molar-refractivity contribution < 1.29 is 36.3 Å². The molecule has 1 aromatic rings. The molecule has 0 radical (unpaired) electrons. The third-order valence-electron chi connectivity index (χ3n) is 4.18. The fraction of sp³-hybridized carbons (Fsp3) is 0.467. The summed E-state index contributed by atoms with van der Waals surface area (Å²) in [6.45, 7) is -0.0642. The molecular weight excluding hydrogens is 363 g/mol. The van der Waals surface area contributed by atoms with E-state index in [0.29, 0.717) is 0 Å². The summed E-state index contributed by atoms with van der Waals surface area (Å²) >= 11 is 0. The van der Waals surface area contributed by atoms with Crippen molar-refractivity contribution in [2.24, 2.45) is 11.8 Å². The minimum atomic E-state index is -4.77. The third-order valence-corrected chi connectivity index (χ3v) is 5.96. The van der Waals surface area contributed by atoms with Crippen LogP contribution < -0.4 is 0 Å². The van der Waals surface area contributed by atoms with Crippen molar-refractivity contribution >= 4 is 21.7 Å². The van der Waals surface area contributed by atoms with Crippen LogP contribution in [0.5, 0.6) is 0 Å². The van der Waals surface area contributed by atoms with Gasteiger partial charge >= 0.3 is 12.1 Å². The molecule has 0 unspecified atom stereocenters. The highest BCUT2D eigenvalue weighted by molar-refractivity contribution is 7.91. The van der Waals surface area contributed by atoms with Gasteiger partial charge < -0.3 is 10.0 Å². The molecular formula is C15H16F3NO5S. The standard InChI is InChI=1S/C15H16F3NO5S/c1-2-25(23,24)12-6-4-3-5-9(12)13(20)19-7-10(14(21)22)11(8-19)15(16,17)18/h3-6,10-11H,2,7-8H2,1H3,(H,21,22)/t10-,11-/m1/s1. The zero-order valence-corrected chi connectivity index (χ0v) is 14.0. The largest absolute Gasteiger partial charge is 0.481 e. The number of nitrogens with zero attached hydrogens (tertiary/aromatic N) is 1. The maximum atomic E-state index is 13.0. The monoisotopic (exact) mass is 379 g/mol. The Labute approximate surface area is 142 Å². The number of rotatable bonds is 4. The normalized spacial score (nSPS) is 21.4. The number of hydrogen-bond acceptors (Lipinski definition) is 4.